The molecule has 0 spiro atoms. The summed E-state index contributed by atoms with van der Waals surface area (Å²) in [6.45, 7) is 9.67. The van der Waals surface area contributed by atoms with Crippen molar-refractivity contribution in [3.63, 3.8) is 0 Å². The highest BCUT2D eigenvalue weighted by Crippen LogP contribution is 2.32. The summed E-state index contributed by atoms with van der Waals surface area (Å²) in [7, 11) is 0. The molecule has 0 saturated heterocycles. The van der Waals surface area contributed by atoms with E-state index in [4.69, 9.17) is 4.74 Å². The van der Waals surface area contributed by atoms with Gasteiger partial charge < -0.3 is 4.74 Å². The monoisotopic (exact) mass is 322 g/mol. The second-order valence-corrected chi connectivity index (χ2v) is 4.44. The van der Waals surface area contributed by atoms with Gasteiger partial charge in [0, 0.05) is 0 Å². The fourth-order valence-corrected chi connectivity index (χ4v) is 1.85. The first-order valence-corrected chi connectivity index (χ1v) is 6.67. The molecule has 0 fully saturated rings. The molecular weight excluding hydrogens is 303 g/mol. The van der Waals surface area contributed by atoms with E-state index in [2.05, 4.69) is 35.7 Å². The minimum Gasteiger partial charge on any atom is -0.465 e. The summed E-state index contributed by atoms with van der Waals surface area (Å²) in [4.78, 5) is 11.8. The van der Waals surface area contributed by atoms with Crippen molar-refractivity contribution in [3.8, 4) is 0 Å². The van der Waals surface area contributed by atoms with Crippen LogP contribution in [0, 0.1) is 5.41 Å². The normalized spacial score (nSPS) is 14.0. The first-order valence-electron chi connectivity index (χ1n) is 5.14. The van der Waals surface area contributed by atoms with Crippen LogP contribution in [0.3, 0.4) is 0 Å². The fourth-order valence-electron chi connectivity index (χ4n) is 1.47. The maximum Gasteiger partial charge on any atom is 0.316 e. The van der Waals surface area contributed by atoms with Crippen LogP contribution in [0.15, 0.2) is 25.3 Å². The molecular formula is C12H19IO2. The van der Waals surface area contributed by atoms with Crippen molar-refractivity contribution in [2.24, 2.45) is 5.41 Å². The van der Waals surface area contributed by atoms with Gasteiger partial charge in [0.15, 0.2) is 0 Å². The highest BCUT2D eigenvalue weighted by molar-refractivity contribution is 14.1. The number of ether oxygens (including phenoxy) is 1. The Labute approximate surface area is 106 Å². The Morgan fingerprint density at radius 2 is 2.20 bits per heavy atom. The largest absolute Gasteiger partial charge is 0.465 e. The summed E-state index contributed by atoms with van der Waals surface area (Å²) in [6.07, 6.45) is 5.83. The number of carbonyl (C=O) groups excluding carboxylic acids is 1. The van der Waals surface area contributed by atoms with Crippen molar-refractivity contribution in [1.29, 1.82) is 0 Å². The molecule has 0 aromatic rings. The minimum absolute atomic E-state index is 0.176. The third-order valence-electron chi connectivity index (χ3n) is 2.34. The minimum atomic E-state index is -0.567. The highest BCUT2D eigenvalue weighted by Gasteiger charge is 2.34. The Kier molecular flexibility index (Phi) is 7.74. The summed E-state index contributed by atoms with van der Waals surface area (Å²) < 4.78 is 6.12. The zero-order valence-corrected chi connectivity index (χ0v) is 11.5. The van der Waals surface area contributed by atoms with Crippen molar-refractivity contribution < 1.29 is 9.53 Å². The number of esters is 1. The molecule has 0 aromatic carbocycles. The van der Waals surface area contributed by atoms with Crippen LogP contribution in [0.25, 0.3) is 0 Å². The molecule has 0 heterocycles. The van der Waals surface area contributed by atoms with E-state index in [1.807, 2.05) is 6.92 Å². The van der Waals surface area contributed by atoms with Gasteiger partial charge in [-0.15, -0.1) is 13.2 Å². The van der Waals surface area contributed by atoms with Gasteiger partial charge in [-0.3, -0.25) is 4.79 Å². The fraction of sp³-hybridized carbons (Fsp3) is 0.583. The molecule has 0 aromatic heterocycles. The first-order chi connectivity index (χ1) is 7.16. The van der Waals surface area contributed by atoms with E-state index in [1.165, 1.54) is 0 Å². The maximum absolute atomic E-state index is 11.8. The van der Waals surface area contributed by atoms with Gasteiger partial charge in [-0.2, -0.15) is 0 Å². The van der Waals surface area contributed by atoms with E-state index in [9.17, 15) is 4.79 Å². The van der Waals surface area contributed by atoms with E-state index in [1.54, 1.807) is 12.2 Å². The van der Waals surface area contributed by atoms with Gasteiger partial charge in [-0.25, -0.2) is 0 Å². The first kappa shape index (κ1) is 14.7. The lowest BCUT2D eigenvalue weighted by Crippen LogP contribution is -2.30. The van der Waals surface area contributed by atoms with Crippen LogP contribution in [0.2, 0.25) is 0 Å². The zero-order valence-electron chi connectivity index (χ0n) is 9.30. The Bertz CT molecular complexity index is 226. The molecule has 0 saturated carbocycles. The summed E-state index contributed by atoms with van der Waals surface area (Å²) >= 11 is 2.30. The second-order valence-electron chi connectivity index (χ2n) is 3.37. The van der Waals surface area contributed by atoms with E-state index in [-0.39, 0.29) is 5.97 Å². The number of halogens is 1. The number of hydrogen-bond acceptors (Lipinski definition) is 2. The van der Waals surface area contributed by atoms with Gasteiger partial charge in [0.2, 0.25) is 0 Å². The average Bonchev–Trinajstić information content (AvgIpc) is 2.24. The van der Waals surface area contributed by atoms with Gasteiger partial charge in [0.25, 0.3) is 0 Å². The molecule has 0 amide bonds. The van der Waals surface area contributed by atoms with Gasteiger partial charge in [-0.1, -0.05) is 34.7 Å². The molecule has 0 aliphatic heterocycles. The number of rotatable bonds is 8. The van der Waals surface area contributed by atoms with Crippen molar-refractivity contribution in [1.82, 2.24) is 0 Å². The highest BCUT2D eigenvalue weighted by atomic mass is 127. The molecule has 0 N–H and O–H groups in total. The molecule has 2 nitrogen and oxygen atoms in total. The molecule has 0 radical (unpaired) electrons. The number of carbonyl (C=O) groups is 1. The summed E-state index contributed by atoms with van der Waals surface area (Å²) in [6, 6.07) is 0. The van der Waals surface area contributed by atoms with Crippen LogP contribution in [-0.2, 0) is 9.53 Å². The second kappa shape index (κ2) is 7.91. The molecule has 15 heavy (non-hydrogen) atoms. The molecule has 0 aliphatic carbocycles. The van der Waals surface area contributed by atoms with Crippen molar-refractivity contribution in [3.05, 3.63) is 25.3 Å². The van der Waals surface area contributed by atoms with Gasteiger partial charge >= 0.3 is 5.97 Å². The Morgan fingerprint density at radius 1 is 1.53 bits per heavy atom. The Morgan fingerprint density at radius 3 is 2.60 bits per heavy atom. The van der Waals surface area contributed by atoms with Gasteiger partial charge in [-0.05, 0) is 30.6 Å². The van der Waals surface area contributed by atoms with Gasteiger partial charge in [0.05, 0.1) is 12.0 Å². The predicted octanol–water partition coefficient (Wildman–Crippen LogP) is 3.51. The molecule has 0 aliphatic rings. The van der Waals surface area contributed by atoms with Crippen LogP contribution < -0.4 is 0 Å². The van der Waals surface area contributed by atoms with Gasteiger partial charge in [0.1, 0.15) is 0 Å². The van der Waals surface area contributed by atoms with Crippen LogP contribution in [-0.4, -0.2) is 17.0 Å². The van der Waals surface area contributed by atoms with Crippen LogP contribution in [0.5, 0.6) is 0 Å². The molecule has 3 heteroatoms. The third-order valence-corrected chi connectivity index (χ3v) is 3.10. The molecule has 86 valence electrons. The lowest BCUT2D eigenvalue weighted by molar-refractivity contribution is -0.152. The maximum atomic E-state index is 11.8. The van der Waals surface area contributed by atoms with Crippen molar-refractivity contribution in [2.75, 3.05) is 11.0 Å². The molecule has 1 atom stereocenters. The Hall–Kier alpha value is -0.320. The van der Waals surface area contributed by atoms with Crippen molar-refractivity contribution >= 4 is 28.6 Å². The third kappa shape index (κ3) is 4.36. The summed E-state index contributed by atoms with van der Waals surface area (Å²) in [5.74, 6) is -0.176. The zero-order chi connectivity index (χ0) is 11.7. The lowest BCUT2D eigenvalue weighted by atomic mass is 9.80. The molecule has 1 unspecified atom stereocenters. The number of allylic oxidation sites excluding steroid dienone is 1. The van der Waals surface area contributed by atoms with Crippen LogP contribution in [0.1, 0.15) is 26.2 Å². The quantitative estimate of drug-likeness (QED) is 0.296. The average molecular weight is 322 g/mol. The molecule has 0 rings (SSSR count). The van der Waals surface area contributed by atoms with E-state index in [0.717, 1.165) is 17.3 Å². The smallest absolute Gasteiger partial charge is 0.316 e. The summed E-state index contributed by atoms with van der Waals surface area (Å²) in [5.41, 5.74) is -0.567. The topological polar surface area (TPSA) is 26.3 Å². The van der Waals surface area contributed by atoms with Crippen molar-refractivity contribution in [2.45, 2.75) is 26.2 Å². The number of alkyl halides is 1. The molecule has 0 bridgehead atoms. The Balaban J connectivity index is 4.69. The standard InChI is InChI=1S/C12H19IO2/c1-4-8-12(5-2,9-7-10-13)11(14)15-6-3/h4-5H,1-2,6-10H2,3H3. The van der Waals surface area contributed by atoms with E-state index in [0.29, 0.717) is 13.0 Å². The van der Waals surface area contributed by atoms with Crippen LogP contribution in [0.4, 0.5) is 0 Å². The van der Waals surface area contributed by atoms with Crippen LogP contribution >= 0.6 is 22.6 Å². The number of hydrogen-bond donors (Lipinski definition) is 0. The predicted molar refractivity (Wildman–Crippen MR) is 72.2 cm³/mol. The van der Waals surface area contributed by atoms with E-state index < -0.39 is 5.41 Å². The summed E-state index contributed by atoms with van der Waals surface area (Å²) in [5, 5.41) is 0. The van der Waals surface area contributed by atoms with E-state index >= 15 is 0 Å². The lowest BCUT2D eigenvalue weighted by Gasteiger charge is -2.26. The SMILES string of the molecule is C=CCC(C=C)(CCCI)C(=O)OCC.